The van der Waals surface area contributed by atoms with Crippen molar-refractivity contribution in [2.75, 3.05) is 13.2 Å². The number of fused-ring (bicyclic) bond motifs is 1. The van der Waals surface area contributed by atoms with Gasteiger partial charge < -0.3 is 15.4 Å². The average Bonchev–Trinajstić information content (AvgIpc) is 2.93. The number of thiophene rings is 1. The van der Waals surface area contributed by atoms with Crippen molar-refractivity contribution in [3.63, 3.8) is 0 Å². The molecule has 2 aromatic rings. The smallest absolute Gasteiger partial charge is 0.350 e. The fraction of sp³-hybridized carbons (Fsp3) is 0.353. The van der Waals surface area contributed by atoms with Gasteiger partial charge in [-0.3, -0.25) is 9.59 Å². The summed E-state index contributed by atoms with van der Waals surface area (Å²) in [6, 6.07) is 4.38. The van der Waals surface area contributed by atoms with E-state index in [9.17, 15) is 14.4 Å². The van der Waals surface area contributed by atoms with Crippen LogP contribution in [0.4, 0.5) is 0 Å². The Balaban J connectivity index is 1.93. The van der Waals surface area contributed by atoms with Crippen LogP contribution in [-0.4, -0.2) is 37.0 Å². The maximum absolute atomic E-state index is 12.2. The van der Waals surface area contributed by atoms with Crippen LogP contribution in [0, 0.1) is 0 Å². The molecule has 9 heteroatoms. The van der Waals surface area contributed by atoms with Gasteiger partial charge in [0, 0.05) is 21.7 Å². The molecule has 0 spiro atoms. The largest absolute Gasteiger partial charge is 0.451 e. The van der Waals surface area contributed by atoms with Crippen LogP contribution < -0.4 is 10.6 Å². The first-order valence-electron chi connectivity index (χ1n) is 7.95. The number of halogens is 2. The lowest BCUT2D eigenvalue weighted by Crippen LogP contribution is -2.46. The molecule has 2 N–H and O–H groups in total. The molecule has 0 aliphatic rings. The van der Waals surface area contributed by atoms with E-state index in [0.29, 0.717) is 17.0 Å². The molecule has 26 heavy (non-hydrogen) atoms. The summed E-state index contributed by atoms with van der Waals surface area (Å²) in [6.45, 7) is 3.51. The Hall–Kier alpha value is -1.83. The van der Waals surface area contributed by atoms with Crippen LogP contribution in [0.2, 0.25) is 10.0 Å². The van der Waals surface area contributed by atoms with Gasteiger partial charge in [-0.1, -0.05) is 36.2 Å². The van der Waals surface area contributed by atoms with Crippen LogP contribution >= 0.6 is 34.5 Å². The number of carbonyl (C=O) groups excluding carboxylic acids is 3. The zero-order valence-corrected chi connectivity index (χ0v) is 16.6. The SMILES string of the molecule is CCCNC(=O)[C@H](C)NC(=O)COC(=O)c1sc2cc(Cl)ccc2c1Cl. The number of nitrogens with one attached hydrogen (secondary N) is 2. The highest BCUT2D eigenvalue weighted by Crippen LogP contribution is 2.37. The minimum atomic E-state index is -0.720. The van der Waals surface area contributed by atoms with Crippen molar-refractivity contribution in [2.45, 2.75) is 26.3 Å². The standard InChI is InChI=1S/C17H18Cl2N2O4S/c1-3-6-20-16(23)9(2)21-13(22)8-25-17(24)15-14(19)11-5-4-10(18)7-12(11)26-15/h4-5,7,9H,3,6,8H2,1-2H3,(H,20,23)(H,21,22)/t9-/m0/s1. The molecule has 2 rings (SSSR count). The Bertz CT molecular complexity index is 838. The molecule has 0 bridgehead atoms. The van der Waals surface area contributed by atoms with Crippen LogP contribution in [0.15, 0.2) is 18.2 Å². The van der Waals surface area contributed by atoms with E-state index >= 15 is 0 Å². The van der Waals surface area contributed by atoms with Crippen molar-refractivity contribution >= 4 is 62.4 Å². The second kappa shape index (κ2) is 9.21. The molecule has 2 amide bonds. The molecule has 140 valence electrons. The third kappa shape index (κ3) is 5.09. The molecule has 0 aliphatic heterocycles. The van der Waals surface area contributed by atoms with Crippen molar-refractivity contribution in [3.05, 3.63) is 33.1 Å². The Kier molecular flexibility index (Phi) is 7.25. The molecule has 0 saturated carbocycles. The van der Waals surface area contributed by atoms with Gasteiger partial charge in [-0.05, 0) is 25.5 Å². The third-order valence-electron chi connectivity index (χ3n) is 3.43. The summed E-state index contributed by atoms with van der Waals surface area (Å²) in [5.41, 5.74) is 0. The molecule has 0 radical (unpaired) electrons. The Morgan fingerprint density at radius 1 is 1.27 bits per heavy atom. The van der Waals surface area contributed by atoms with Gasteiger partial charge in [0.2, 0.25) is 5.91 Å². The molecule has 0 aliphatic carbocycles. The maximum atomic E-state index is 12.2. The lowest BCUT2D eigenvalue weighted by molar-refractivity contribution is -0.130. The van der Waals surface area contributed by atoms with Crippen LogP contribution in [0.25, 0.3) is 10.1 Å². The fourth-order valence-electron chi connectivity index (χ4n) is 2.12. The number of hydrogen-bond donors (Lipinski definition) is 2. The summed E-state index contributed by atoms with van der Waals surface area (Å²) in [7, 11) is 0. The van der Waals surface area contributed by atoms with Crippen LogP contribution in [0.1, 0.15) is 29.9 Å². The zero-order valence-electron chi connectivity index (χ0n) is 14.2. The van der Waals surface area contributed by atoms with E-state index in [1.807, 2.05) is 6.92 Å². The number of benzene rings is 1. The molecule has 0 unspecified atom stereocenters. The molecular weight excluding hydrogens is 399 g/mol. The third-order valence-corrected chi connectivity index (χ3v) is 5.30. The van der Waals surface area contributed by atoms with Gasteiger partial charge in [0.25, 0.3) is 5.91 Å². The molecule has 1 atom stereocenters. The number of esters is 1. The first kappa shape index (κ1) is 20.5. The Labute approximate surface area is 164 Å². The van der Waals surface area contributed by atoms with Gasteiger partial charge in [0.1, 0.15) is 10.9 Å². The monoisotopic (exact) mass is 416 g/mol. The number of amides is 2. The van der Waals surface area contributed by atoms with Crippen molar-refractivity contribution < 1.29 is 19.1 Å². The maximum Gasteiger partial charge on any atom is 0.350 e. The summed E-state index contributed by atoms with van der Waals surface area (Å²) >= 11 is 13.3. The first-order valence-corrected chi connectivity index (χ1v) is 9.52. The molecule has 1 aromatic carbocycles. The van der Waals surface area contributed by atoms with Gasteiger partial charge in [0.15, 0.2) is 6.61 Å². The van der Waals surface area contributed by atoms with E-state index in [0.717, 1.165) is 22.5 Å². The lowest BCUT2D eigenvalue weighted by Gasteiger charge is -2.13. The second-order valence-electron chi connectivity index (χ2n) is 5.54. The average molecular weight is 417 g/mol. The van der Waals surface area contributed by atoms with Gasteiger partial charge in [0.05, 0.1) is 5.02 Å². The van der Waals surface area contributed by atoms with Gasteiger partial charge in [-0.25, -0.2) is 4.79 Å². The number of rotatable bonds is 7. The predicted molar refractivity (Wildman–Crippen MR) is 103 cm³/mol. The highest BCUT2D eigenvalue weighted by atomic mass is 35.5. The molecule has 0 saturated heterocycles. The molecule has 1 heterocycles. The van der Waals surface area contributed by atoms with Crippen LogP contribution in [0.5, 0.6) is 0 Å². The normalized spacial score (nSPS) is 11.8. The number of carbonyl (C=O) groups is 3. The van der Waals surface area contributed by atoms with Crippen LogP contribution in [0.3, 0.4) is 0 Å². The van der Waals surface area contributed by atoms with Crippen molar-refractivity contribution in [3.8, 4) is 0 Å². The topological polar surface area (TPSA) is 84.5 Å². The highest BCUT2D eigenvalue weighted by molar-refractivity contribution is 7.21. The highest BCUT2D eigenvalue weighted by Gasteiger charge is 2.21. The fourth-order valence-corrected chi connectivity index (χ4v) is 3.80. The Morgan fingerprint density at radius 2 is 2.00 bits per heavy atom. The minimum absolute atomic E-state index is 0.200. The van der Waals surface area contributed by atoms with Crippen molar-refractivity contribution in [1.29, 1.82) is 0 Å². The number of hydrogen-bond acceptors (Lipinski definition) is 5. The molecule has 1 aromatic heterocycles. The summed E-state index contributed by atoms with van der Waals surface area (Å²) in [4.78, 5) is 36.0. The van der Waals surface area contributed by atoms with E-state index in [1.54, 1.807) is 25.1 Å². The van der Waals surface area contributed by atoms with Gasteiger partial charge >= 0.3 is 5.97 Å². The predicted octanol–water partition coefficient (Wildman–Crippen LogP) is 3.40. The Morgan fingerprint density at radius 3 is 2.69 bits per heavy atom. The quantitative estimate of drug-likeness (QED) is 0.677. The number of ether oxygens (including phenoxy) is 1. The summed E-state index contributed by atoms with van der Waals surface area (Å²) in [6.07, 6.45) is 0.797. The van der Waals surface area contributed by atoms with Crippen LogP contribution in [-0.2, 0) is 14.3 Å². The van der Waals surface area contributed by atoms with Gasteiger partial charge in [-0.15, -0.1) is 11.3 Å². The second-order valence-corrected chi connectivity index (χ2v) is 7.41. The zero-order chi connectivity index (χ0) is 19.3. The first-order chi connectivity index (χ1) is 12.3. The van der Waals surface area contributed by atoms with E-state index in [4.69, 9.17) is 27.9 Å². The lowest BCUT2D eigenvalue weighted by atomic mass is 10.2. The van der Waals surface area contributed by atoms with E-state index in [2.05, 4.69) is 10.6 Å². The summed E-state index contributed by atoms with van der Waals surface area (Å²) in [5, 5.41) is 6.62. The van der Waals surface area contributed by atoms with Crippen molar-refractivity contribution in [2.24, 2.45) is 0 Å². The molecule has 6 nitrogen and oxygen atoms in total. The minimum Gasteiger partial charge on any atom is -0.451 e. The summed E-state index contributed by atoms with van der Waals surface area (Å²) in [5.74, 6) is -1.57. The van der Waals surface area contributed by atoms with Crippen molar-refractivity contribution in [1.82, 2.24) is 10.6 Å². The van der Waals surface area contributed by atoms with E-state index < -0.39 is 24.5 Å². The molecular formula is C17H18Cl2N2O4S. The van der Waals surface area contributed by atoms with E-state index in [-0.39, 0.29) is 15.8 Å². The molecule has 0 fully saturated rings. The summed E-state index contributed by atoms with van der Waals surface area (Å²) < 4.78 is 5.75. The van der Waals surface area contributed by atoms with E-state index in [1.165, 1.54) is 0 Å². The van der Waals surface area contributed by atoms with Gasteiger partial charge in [-0.2, -0.15) is 0 Å².